The van der Waals surface area contributed by atoms with Crippen LogP contribution in [0, 0.1) is 0 Å². The monoisotopic (exact) mass is 200 g/mol. The first-order chi connectivity index (χ1) is 6.77. The number of rotatable bonds is 6. The van der Waals surface area contributed by atoms with E-state index in [1.54, 1.807) is 0 Å². The van der Waals surface area contributed by atoms with Crippen molar-refractivity contribution in [3.8, 4) is 0 Å². The van der Waals surface area contributed by atoms with Crippen molar-refractivity contribution >= 4 is 5.97 Å². The van der Waals surface area contributed by atoms with Gasteiger partial charge < -0.3 is 9.47 Å². The zero-order valence-corrected chi connectivity index (χ0v) is 9.12. The van der Waals surface area contributed by atoms with Gasteiger partial charge in [-0.1, -0.05) is 13.3 Å². The van der Waals surface area contributed by atoms with Gasteiger partial charge in [0.1, 0.15) is 0 Å². The summed E-state index contributed by atoms with van der Waals surface area (Å²) in [7, 11) is 0. The lowest BCUT2D eigenvalue weighted by Gasteiger charge is -2.29. The van der Waals surface area contributed by atoms with E-state index in [0.717, 1.165) is 25.7 Å². The molecule has 0 amide bonds. The third-order valence-electron chi connectivity index (χ3n) is 2.51. The minimum absolute atomic E-state index is 0.193. The van der Waals surface area contributed by atoms with Crippen LogP contribution in [0.15, 0.2) is 0 Å². The van der Waals surface area contributed by atoms with Crippen LogP contribution in [-0.2, 0) is 14.3 Å². The molecule has 1 aliphatic rings. The smallest absolute Gasteiger partial charge is 0.335 e. The molecule has 0 N–H and O–H groups in total. The average molecular weight is 200 g/mol. The van der Waals surface area contributed by atoms with E-state index in [0.29, 0.717) is 12.7 Å². The van der Waals surface area contributed by atoms with Gasteiger partial charge in [0.15, 0.2) is 6.10 Å². The Kier molecular flexibility index (Phi) is 4.94. The maximum atomic E-state index is 11.5. The number of hydrogen-bond acceptors (Lipinski definition) is 3. The van der Waals surface area contributed by atoms with Crippen molar-refractivity contribution in [1.82, 2.24) is 0 Å². The summed E-state index contributed by atoms with van der Waals surface area (Å²) in [4.78, 5) is 11.5. The normalized spacial score (nSPS) is 18.7. The van der Waals surface area contributed by atoms with E-state index in [4.69, 9.17) is 9.47 Å². The fourth-order valence-electron chi connectivity index (χ4n) is 1.48. The molecular formula is C11H20O3. The van der Waals surface area contributed by atoms with Crippen LogP contribution in [0.2, 0.25) is 0 Å². The van der Waals surface area contributed by atoms with E-state index >= 15 is 0 Å². The van der Waals surface area contributed by atoms with Crippen LogP contribution in [0.25, 0.3) is 0 Å². The summed E-state index contributed by atoms with van der Waals surface area (Å²) in [6.45, 7) is 4.31. The molecule has 0 aromatic heterocycles. The second-order valence-electron chi connectivity index (χ2n) is 3.72. The minimum Gasteiger partial charge on any atom is -0.464 e. The predicted molar refractivity (Wildman–Crippen MR) is 54.1 cm³/mol. The molecule has 0 saturated heterocycles. The third-order valence-corrected chi connectivity index (χ3v) is 2.51. The fraction of sp³-hybridized carbons (Fsp3) is 0.909. The van der Waals surface area contributed by atoms with Crippen LogP contribution < -0.4 is 0 Å². The summed E-state index contributed by atoms with van der Waals surface area (Å²) in [5, 5.41) is 0. The molecule has 0 aromatic carbocycles. The molecule has 0 bridgehead atoms. The number of carbonyl (C=O) groups is 1. The highest BCUT2D eigenvalue weighted by Gasteiger charge is 2.27. The lowest BCUT2D eigenvalue weighted by Crippen LogP contribution is -2.34. The Bertz CT molecular complexity index is 175. The molecule has 1 saturated carbocycles. The first-order valence-corrected chi connectivity index (χ1v) is 5.60. The topological polar surface area (TPSA) is 35.5 Å². The molecular weight excluding hydrogens is 180 g/mol. The zero-order chi connectivity index (χ0) is 10.4. The Morgan fingerprint density at radius 1 is 1.43 bits per heavy atom. The third kappa shape index (κ3) is 3.29. The van der Waals surface area contributed by atoms with Gasteiger partial charge in [0.2, 0.25) is 0 Å². The largest absolute Gasteiger partial charge is 0.464 e. The van der Waals surface area contributed by atoms with Crippen LogP contribution in [0.4, 0.5) is 0 Å². The van der Waals surface area contributed by atoms with E-state index in [-0.39, 0.29) is 12.1 Å². The van der Waals surface area contributed by atoms with Crippen molar-refractivity contribution in [2.45, 2.75) is 58.2 Å². The lowest BCUT2D eigenvalue weighted by molar-refractivity contribution is -0.164. The number of ether oxygens (including phenoxy) is 2. The highest BCUT2D eigenvalue weighted by Crippen LogP contribution is 2.24. The van der Waals surface area contributed by atoms with Crippen molar-refractivity contribution in [2.24, 2.45) is 0 Å². The van der Waals surface area contributed by atoms with Crippen molar-refractivity contribution < 1.29 is 14.3 Å². The summed E-state index contributed by atoms with van der Waals surface area (Å²) < 4.78 is 10.6. The first kappa shape index (κ1) is 11.5. The van der Waals surface area contributed by atoms with Crippen LogP contribution >= 0.6 is 0 Å². The van der Waals surface area contributed by atoms with Gasteiger partial charge >= 0.3 is 5.97 Å². The standard InChI is InChI=1S/C11H20O3/c1-3-6-10(11(12)13-4-2)14-9-7-5-8-9/h9-10H,3-8H2,1-2H3. The van der Waals surface area contributed by atoms with E-state index < -0.39 is 0 Å². The molecule has 82 valence electrons. The molecule has 0 spiro atoms. The van der Waals surface area contributed by atoms with Crippen molar-refractivity contribution in [1.29, 1.82) is 0 Å². The average Bonchev–Trinajstić information content (AvgIpc) is 2.09. The van der Waals surface area contributed by atoms with E-state index in [2.05, 4.69) is 6.92 Å². The summed E-state index contributed by atoms with van der Waals surface area (Å²) >= 11 is 0. The molecule has 3 heteroatoms. The maximum absolute atomic E-state index is 11.5. The number of esters is 1. The Hall–Kier alpha value is -0.570. The zero-order valence-electron chi connectivity index (χ0n) is 9.12. The van der Waals surface area contributed by atoms with Gasteiger partial charge in [-0.05, 0) is 32.6 Å². The molecule has 0 aromatic rings. The van der Waals surface area contributed by atoms with Gasteiger partial charge in [-0.25, -0.2) is 4.79 Å². The molecule has 1 unspecified atom stereocenters. The Labute approximate surface area is 85.8 Å². The van der Waals surface area contributed by atoms with Gasteiger partial charge in [0, 0.05) is 0 Å². The first-order valence-electron chi connectivity index (χ1n) is 5.60. The Morgan fingerprint density at radius 2 is 2.14 bits per heavy atom. The van der Waals surface area contributed by atoms with Crippen LogP contribution in [0.3, 0.4) is 0 Å². The fourth-order valence-corrected chi connectivity index (χ4v) is 1.48. The number of hydrogen-bond donors (Lipinski definition) is 0. The van der Waals surface area contributed by atoms with Crippen LogP contribution in [0.5, 0.6) is 0 Å². The van der Waals surface area contributed by atoms with Crippen molar-refractivity contribution in [3.05, 3.63) is 0 Å². The van der Waals surface area contributed by atoms with Gasteiger partial charge in [-0.15, -0.1) is 0 Å². The maximum Gasteiger partial charge on any atom is 0.335 e. The molecule has 0 aliphatic heterocycles. The summed E-state index contributed by atoms with van der Waals surface area (Å²) in [6, 6.07) is 0. The molecule has 1 rings (SSSR count). The molecule has 1 aliphatic carbocycles. The Balaban J connectivity index is 2.32. The molecule has 1 atom stereocenters. The van der Waals surface area contributed by atoms with E-state index in [1.165, 1.54) is 6.42 Å². The lowest BCUT2D eigenvalue weighted by atomic mass is 9.96. The molecule has 0 heterocycles. The molecule has 3 nitrogen and oxygen atoms in total. The molecule has 0 radical (unpaired) electrons. The van der Waals surface area contributed by atoms with Crippen LogP contribution in [0.1, 0.15) is 46.0 Å². The predicted octanol–water partition coefficient (Wildman–Crippen LogP) is 2.29. The SMILES string of the molecule is CCCC(OC1CCC1)C(=O)OCC. The summed E-state index contributed by atoms with van der Waals surface area (Å²) in [5.74, 6) is -0.193. The molecule has 14 heavy (non-hydrogen) atoms. The van der Waals surface area contributed by atoms with Gasteiger partial charge in [-0.3, -0.25) is 0 Å². The van der Waals surface area contributed by atoms with Crippen molar-refractivity contribution in [3.63, 3.8) is 0 Å². The Morgan fingerprint density at radius 3 is 2.57 bits per heavy atom. The van der Waals surface area contributed by atoms with Gasteiger partial charge in [-0.2, -0.15) is 0 Å². The van der Waals surface area contributed by atoms with Gasteiger partial charge in [0.05, 0.1) is 12.7 Å². The van der Waals surface area contributed by atoms with Crippen molar-refractivity contribution in [2.75, 3.05) is 6.61 Å². The number of carbonyl (C=O) groups excluding carboxylic acids is 1. The second kappa shape index (κ2) is 6.02. The highest BCUT2D eigenvalue weighted by atomic mass is 16.6. The van der Waals surface area contributed by atoms with Gasteiger partial charge in [0.25, 0.3) is 0 Å². The molecule has 1 fully saturated rings. The second-order valence-corrected chi connectivity index (χ2v) is 3.72. The van der Waals surface area contributed by atoms with E-state index in [1.807, 2.05) is 6.92 Å². The van der Waals surface area contributed by atoms with Crippen LogP contribution in [-0.4, -0.2) is 24.8 Å². The minimum atomic E-state index is -0.328. The highest BCUT2D eigenvalue weighted by molar-refractivity contribution is 5.74. The van der Waals surface area contributed by atoms with E-state index in [9.17, 15) is 4.79 Å². The summed E-state index contributed by atoms with van der Waals surface area (Å²) in [6.07, 6.45) is 5.12. The summed E-state index contributed by atoms with van der Waals surface area (Å²) in [5.41, 5.74) is 0. The quantitative estimate of drug-likeness (QED) is 0.617.